The van der Waals surface area contributed by atoms with Crippen molar-refractivity contribution in [3.63, 3.8) is 0 Å². The molecule has 0 saturated heterocycles. The summed E-state index contributed by atoms with van der Waals surface area (Å²) in [6.45, 7) is 5.91. The molecule has 1 aromatic rings. The lowest BCUT2D eigenvalue weighted by Crippen LogP contribution is -1.90. The van der Waals surface area contributed by atoms with E-state index in [1.165, 1.54) is 22.3 Å². The second kappa shape index (κ2) is 2.35. The van der Waals surface area contributed by atoms with Crippen LogP contribution in [-0.2, 0) is 18.0 Å². The molecule has 0 fully saturated rings. The van der Waals surface area contributed by atoms with Gasteiger partial charge in [-0.3, -0.25) is 0 Å². The Morgan fingerprint density at radius 1 is 1.00 bits per heavy atom. The van der Waals surface area contributed by atoms with E-state index >= 15 is 0 Å². The van der Waals surface area contributed by atoms with Gasteiger partial charge in [0.2, 0.25) is 0 Å². The third-order valence-electron chi connectivity index (χ3n) is 2.39. The van der Waals surface area contributed by atoms with Crippen LogP contribution in [0.25, 0.3) is 0 Å². The van der Waals surface area contributed by atoms with Crippen molar-refractivity contribution < 1.29 is 4.74 Å². The minimum Gasteiger partial charge on any atom is -0.372 e. The van der Waals surface area contributed by atoms with E-state index in [9.17, 15) is 0 Å². The summed E-state index contributed by atoms with van der Waals surface area (Å²) in [5, 5.41) is 0. The summed E-state index contributed by atoms with van der Waals surface area (Å²) in [6.07, 6.45) is 0. The predicted molar refractivity (Wildman–Crippen MR) is 44.4 cm³/mol. The van der Waals surface area contributed by atoms with Crippen LogP contribution >= 0.6 is 0 Å². The molecule has 0 atom stereocenters. The van der Waals surface area contributed by atoms with Gasteiger partial charge in [-0.15, -0.1) is 0 Å². The summed E-state index contributed by atoms with van der Waals surface area (Å²) < 4.78 is 5.38. The molecule has 1 aliphatic heterocycles. The van der Waals surface area contributed by atoms with Crippen LogP contribution in [0.3, 0.4) is 0 Å². The zero-order chi connectivity index (χ0) is 7.84. The van der Waals surface area contributed by atoms with Gasteiger partial charge in [0.15, 0.2) is 0 Å². The average Bonchev–Trinajstić information content (AvgIpc) is 2.45. The minimum absolute atomic E-state index is 0.808. The first-order valence-corrected chi connectivity index (χ1v) is 3.95. The van der Waals surface area contributed by atoms with E-state index in [0.29, 0.717) is 0 Å². The topological polar surface area (TPSA) is 9.23 Å². The maximum Gasteiger partial charge on any atom is 0.0727 e. The normalized spacial score (nSPS) is 15.1. The molecule has 0 unspecified atom stereocenters. The fourth-order valence-corrected chi connectivity index (χ4v) is 1.58. The quantitative estimate of drug-likeness (QED) is 0.548. The lowest BCUT2D eigenvalue weighted by atomic mass is 10.0. The van der Waals surface area contributed by atoms with Crippen molar-refractivity contribution in [2.45, 2.75) is 27.1 Å². The van der Waals surface area contributed by atoms with Crippen LogP contribution < -0.4 is 0 Å². The van der Waals surface area contributed by atoms with Crippen molar-refractivity contribution in [3.8, 4) is 0 Å². The van der Waals surface area contributed by atoms with Gasteiger partial charge in [-0.25, -0.2) is 0 Å². The van der Waals surface area contributed by atoms with Gasteiger partial charge in [-0.2, -0.15) is 0 Å². The van der Waals surface area contributed by atoms with Crippen LogP contribution in [0, 0.1) is 13.8 Å². The van der Waals surface area contributed by atoms with Gasteiger partial charge in [0.25, 0.3) is 0 Å². The molecule has 0 bridgehead atoms. The van der Waals surface area contributed by atoms with E-state index in [-0.39, 0.29) is 0 Å². The van der Waals surface area contributed by atoms with Gasteiger partial charge in [0.05, 0.1) is 13.2 Å². The van der Waals surface area contributed by atoms with Gasteiger partial charge in [0.1, 0.15) is 0 Å². The largest absolute Gasteiger partial charge is 0.372 e. The van der Waals surface area contributed by atoms with Crippen LogP contribution in [0.1, 0.15) is 22.3 Å². The van der Waals surface area contributed by atoms with E-state index < -0.39 is 0 Å². The third-order valence-corrected chi connectivity index (χ3v) is 2.39. The first kappa shape index (κ1) is 6.86. The third kappa shape index (κ3) is 0.962. The van der Waals surface area contributed by atoms with Crippen molar-refractivity contribution in [1.29, 1.82) is 0 Å². The van der Waals surface area contributed by atoms with E-state index in [0.717, 1.165) is 13.2 Å². The summed E-state index contributed by atoms with van der Waals surface area (Å²) in [5.74, 6) is 0. The van der Waals surface area contributed by atoms with Crippen molar-refractivity contribution in [3.05, 3.63) is 34.4 Å². The van der Waals surface area contributed by atoms with Gasteiger partial charge in [0, 0.05) is 0 Å². The van der Waals surface area contributed by atoms with Gasteiger partial charge < -0.3 is 4.74 Å². The van der Waals surface area contributed by atoms with E-state index in [2.05, 4.69) is 26.0 Å². The van der Waals surface area contributed by atoms with Crippen LogP contribution in [0.5, 0.6) is 0 Å². The first-order chi connectivity index (χ1) is 5.29. The second-order valence-electron chi connectivity index (χ2n) is 3.15. The van der Waals surface area contributed by atoms with Gasteiger partial charge in [-0.1, -0.05) is 12.1 Å². The fourth-order valence-electron chi connectivity index (χ4n) is 1.58. The molecule has 1 heterocycles. The van der Waals surface area contributed by atoms with E-state index in [4.69, 9.17) is 4.74 Å². The Bertz CT molecular complexity index is 260. The molecule has 2 rings (SSSR count). The number of hydrogen-bond donors (Lipinski definition) is 0. The Kier molecular flexibility index (Phi) is 1.46. The molecule has 58 valence electrons. The highest BCUT2D eigenvalue weighted by Gasteiger charge is 2.14. The monoisotopic (exact) mass is 148 g/mol. The van der Waals surface area contributed by atoms with Crippen LogP contribution in [0.15, 0.2) is 12.1 Å². The molecule has 0 N–H and O–H groups in total. The Hall–Kier alpha value is -0.820. The number of ether oxygens (including phenoxy) is 1. The summed E-state index contributed by atoms with van der Waals surface area (Å²) in [4.78, 5) is 0. The molecule has 1 aromatic carbocycles. The lowest BCUT2D eigenvalue weighted by Gasteiger charge is -2.03. The SMILES string of the molecule is Cc1ccc(C)c2c1COC2. The van der Waals surface area contributed by atoms with Gasteiger partial charge in [-0.05, 0) is 36.1 Å². The molecule has 1 heteroatoms. The summed E-state index contributed by atoms with van der Waals surface area (Å²) in [6, 6.07) is 4.34. The highest BCUT2D eigenvalue weighted by Crippen LogP contribution is 2.25. The number of aryl methyl sites for hydroxylation is 2. The number of rotatable bonds is 0. The lowest BCUT2D eigenvalue weighted by molar-refractivity contribution is 0.134. The van der Waals surface area contributed by atoms with Crippen LogP contribution in [-0.4, -0.2) is 0 Å². The Morgan fingerprint density at radius 2 is 1.45 bits per heavy atom. The van der Waals surface area contributed by atoms with Gasteiger partial charge >= 0.3 is 0 Å². The second-order valence-corrected chi connectivity index (χ2v) is 3.15. The zero-order valence-electron chi connectivity index (χ0n) is 6.98. The Morgan fingerprint density at radius 3 is 1.91 bits per heavy atom. The number of hydrogen-bond acceptors (Lipinski definition) is 1. The summed E-state index contributed by atoms with van der Waals surface area (Å²) in [7, 11) is 0. The molecular formula is C10H12O. The van der Waals surface area contributed by atoms with Crippen molar-refractivity contribution in [2.75, 3.05) is 0 Å². The molecule has 0 aromatic heterocycles. The summed E-state index contributed by atoms with van der Waals surface area (Å²) >= 11 is 0. The fraction of sp³-hybridized carbons (Fsp3) is 0.400. The number of benzene rings is 1. The van der Waals surface area contributed by atoms with Crippen LogP contribution in [0.4, 0.5) is 0 Å². The molecule has 11 heavy (non-hydrogen) atoms. The Labute approximate surface area is 67.0 Å². The van der Waals surface area contributed by atoms with E-state index in [1.807, 2.05) is 0 Å². The maximum absolute atomic E-state index is 5.38. The molecule has 1 nitrogen and oxygen atoms in total. The standard InChI is InChI=1S/C10H12O/c1-7-3-4-8(2)10-6-11-5-9(7)10/h3-4H,5-6H2,1-2H3. The highest BCUT2D eigenvalue weighted by molar-refractivity contribution is 5.40. The minimum atomic E-state index is 0.808. The molecular weight excluding hydrogens is 136 g/mol. The van der Waals surface area contributed by atoms with Crippen LogP contribution in [0.2, 0.25) is 0 Å². The molecule has 0 radical (unpaired) electrons. The van der Waals surface area contributed by atoms with Crippen molar-refractivity contribution in [2.24, 2.45) is 0 Å². The maximum atomic E-state index is 5.38. The molecule has 0 amide bonds. The predicted octanol–water partition coefficient (Wildman–Crippen LogP) is 2.33. The van der Waals surface area contributed by atoms with Crippen molar-refractivity contribution in [1.82, 2.24) is 0 Å². The molecule has 1 aliphatic rings. The Balaban J connectivity index is 2.64. The highest BCUT2D eigenvalue weighted by atomic mass is 16.5. The number of fused-ring (bicyclic) bond motifs is 1. The first-order valence-electron chi connectivity index (χ1n) is 3.95. The summed E-state index contributed by atoms with van der Waals surface area (Å²) in [5.41, 5.74) is 5.54. The van der Waals surface area contributed by atoms with E-state index in [1.54, 1.807) is 0 Å². The zero-order valence-corrected chi connectivity index (χ0v) is 6.98. The smallest absolute Gasteiger partial charge is 0.0727 e. The van der Waals surface area contributed by atoms with Crippen molar-refractivity contribution >= 4 is 0 Å². The molecule has 0 spiro atoms. The molecule has 0 aliphatic carbocycles. The average molecular weight is 148 g/mol. The molecule has 0 saturated carbocycles.